The number of hydrogen-bond acceptors (Lipinski definition) is 15. The lowest BCUT2D eigenvalue weighted by Crippen LogP contribution is -2.51. The average Bonchev–Trinajstić information content (AvgIpc) is 3.76. The summed E-state index contributed by atoms with van der Waals surface area (Å²) in [5.74, 6) is -10.1. The van der Waals surface area contributed by atoms with Crippen molar-refractivity contribution in [1.29, 1.82) is 0 Å². The molecular formula is C48H63IN4O13. The van der Waals surface area contributed by atoms with Gasteiger partial charge in [-0.15, -0.1) is 0 Å². The van der Waals surface area contributed by atoms with Crippen LogP contribution in [0.3, 0.4) is 0 Å². The summed E-state index contributed by atoms with van der Waals surface area (Å²) in [4.78, 5) is 76.6. The highest BCUT2D eigenvalue weighted by Gasteiger charge is 2.55. The molecule has 360 valence electrons. The van der Waals surface area contributed by atoms with Crippen LogP contribution in [0.4, 0.5) is 0 Å². The summed E-state index contributed by atoms with van der Waals surface area (Å²) >= 11 is 2.39. The van der Waals surface area contributed by atoms with Crippen molar-refractivity contribution in [3.63, 3.8) is 0 Å². The Balaban J connectivity index is 1.49. The van der Waals surface area contributed by atoms with E-state index in [9.17, 15) is 44.4 Å². The van der Waals surface area contributed by atoms with Gasteiger partial charge < -0.3 is 54.9 Å². The van der Waals surface area contributed by atoms with Gasteiger partial charge in [0.2, 0.25) is 5.78 Å². The molecule has 18 heteroatoms. The SMILES string of the molecule is CO[C@H]1/C=C/O[C@@]2(C)Oc3c(C)c(O)c4c(c3C2=O)C2=NC3(CCN(CC(C)I)CC3)NC2=C(NC(=O)/C(C)=C\C=C\[C@H](C)[C@H](O)[C@@H](C)[C@@H](O)[C@@H](C)[C@H](OC(=O)C(C)(C)C(=O)O)[C@@H]1C)C4=O. The fraction of sp³-hybridized carbons (Fsp3) is 0.583. The second kappa shape index (κ2) is 19.2. The number of halogens is 1. The van der Waals surface area contributed by atoms with E-state index in [1.807, 2.05) is 0 Å². The predicted molar refractivity (Wildman–Crippen MR) is 251 cm³/mol. The molecule has 1 saturated heterocycles. The van der Waals surface area contributed by atoms with Gasteiger partial charge in [-0.3, -0.25) is 29.0 Å². The maximum absolute atomic E-state index is 14.8. The number of ketones is 2. The molecule has 1 unspecified atom stereocenters. The number of nitrogens with one attached hydrogen (secondary N) is 2. The number of methoxy groups -OCH3 is 1. The molecule has 1 spiro atoms. The zero-order valence-electron chi connectivity index (χ0n) is 39.4. The summed E-state index contributed by atoms with van der Waals surface area (Å²) in [6.07, 6.45) is 3.92. The number of piperidine rings is 1. The highest BCUT2D eigenvalue weighted by atomic mass is 127. The summed E-state index contributed by atoms with van der Waals surface area (Å²) in [6, 6.07) is 0. The van der Waals surface area contributed by atoms with Gasteiger partial charge in [0.05, 0.1) is 47.1 Å². The quantitative estimate of drug-likeness (QED) is 0.0964. The maximum Gasteiger partial charge on any atom is 0.323 e. The number of aliphatic carboxylic acids is 1. The van der Waals surface area contributed by atoms with Gasteiger partial charge >= 0.3 is 17.7 Å². The molecule has 0 radical (unpaired) electrons. The van der Waals surface area contributed by atoms with Crippen molar-refractivity contribution in [3.8, 4) is 11.5 Å². The topological polar surface area (TPSA) is 243 Å². The lowest BCUT2D eigenvalue weighted by atomic mass is 9.78. The number of rotatable bonds is 6. The Bertz CT molecular complexity index is 2330. The van der Waals surface area contributed by atoms with Crippen LogP contribution in [0.5, 0.6) is 11.5 Å². The van der Waals surface area contributed by atoms with E-state index in [1.165, 1.54) is 53.2 Å². The molecule has 4 heterocycles. The Kier molecular flexibility index (Phi) is 14.7. The minimum Gasteiger partial charge on any atom is -0.507 e. The Morgan fingerprint density at radius 1 is 1.00 bits per heavy atom. The number of carboxylic acids is 1. The van der Waals surface area contributed by atoms with E-state index in [0.29, 0.717) is 29.9 Å². The van der Waals surface area contributed by atoms with E-state index in [1.54, 1.807) is 46.8 Å². The first kappa shape index (κ1) is 50.8. The second-order valence-corrected chi connectivity index (χ2v) is 21.3. The number of aliphatic hydroxyl groups excluding tert-OH is 2. The number of hydrogen-bond donors (Lipinski definition) is 6. The molecule has 6 N–H and O–H groups in total. The molecule has 5 bridgehead atoms. The highest BCUT2D eigenvalue weighted by molar-refractivity contribution is 14.1. The zero-order chi connectivity index (χ0) is 49.0. The number of allylic oxidation sites excluding steroid dienone is 4. The van der Waals surface area contributed by atoms with E-state index in [2.05, 4.69) is 45.0 Å². The van der Waals surface area contributed by atoms with E-state index in [4.69, 9.17) is 23.9 Å². The fourth-order valence-corrected chi connectivity index (χ4v) is 9.84. The van der Waals surface area contributed by atoms with Gasteiger partial charge in [0.25, 0.3) is 11.7 Å². The molecule has 1 fully saturated rings. The number of amides is 1. The first-order valence-corrected chi connectivity index (χ1v) is 23.6. The van der Waals surface area contributed by atoms with Crippen molar-refractivity contribution in [2.45, 2.75) is 122 Å². The Labute approximate surface area is 398 Å². The number of aliphatic hydroxyl groups is 2. The summed E-state index contributed by atoms with van der Waals surface area (Å²) in [5, 5.41) is 51.2. The van der Waals surface area contributed by atoms with Crippen LogP contribution >= 0.6 is 22.6 Å². The number of phenolic OH excluding ortho intramolecular Hbond substituents is 1. The van der Waals surface area contributed by atoms with Gasteiger partial charge in [0.1, 0.15) is 29.0 Å². The van der Waals surface area contributed by atoms with Crippen molar-refractivity contribution in [1.82, 2.24) is 15.5 Å². The zero-order valence-corrected chi connectivity index (χ0v) is 41.5. The van der Waals surface area contributed by atoms with Crippen LogP contribution in [0, 0.1) is 36.0 Å². The van der Waals surface area contributed by atoms with Crippen LogP contribution in [-0.4, -0.2) is 127 Å². The molecule has 10 atom stereocenters. The molecule has 6 rings (SSSR count). The number of likely N-dealkylation sites (tertiary alicyclic amines) is 1. The van der Waals surface area contributed by atoms with Crippen LogP contribution in [0.25, 0.3) is 0 Å². The van der Waals surface area contributed by atoms with Crippen LogP contribution in [0.1, 0.15) is 107 Å². The number of aromatic hydroxyl groups is 1. The predicted octanol–water partition coefficient (Wildman–Crippen LogP) is 4.87. The van der Waals surface area contributed by atoms with Gasteiger partial charge in [-0.1, -0.05) is 75.4 Å². The van der Waals surface area contributed by atoms with E-state index < -0.39 is 100 Å². The molecule has 66 heavy (non-hydrogen) atoms. The Morgan fingerprint density at radius 3 is 2.26 bits per heavy atom. The summed E-state index contributed by atoms with van der Waals surface area (Å²) < 4.78 is 24.5. The van der Waals surface area contributed by atoms with Crippen LogP contribution < -0.4 is 15.4 Å². The largest absolute Gasteiger partial charge is 0.507 e. The molecule has 17 nitrogen and oxygen atoms in total. The van der Waals surface area contributed by atoms with Crippen molar-refractivity contribution in [2.75, 3.05) is 26.7 Å². The fourth-order valence-electron chi connectivity index (χ4n) is 9.28. The third kappa shape index (κ3) is 9.31. The number of benzene rings is 1. The highest BCUT2D eigenvalue weighted by Crippen LogP contribution is 2.50. The molecule has 0 saturated carbocycles. The minimum atomic E-state index is -2.05. The van der Waals surface area contributed by atoms with Crippen LogP contribution in [-0.2, 0) is 28.6 Å². The molecule has 1 amide bonds. The number of ether oxygens (including phenoxy) is 4. The molecule has 1 aromatic carbocycles. The van der Waals surface area contributed by atoms with Crippen molar-refractivity contribution >= 4 is 57.7 Å². The van der Waals surface area contributed by atoms with E-state index in [-0.39, 0.29) is 50.7 Å². The molecule has 1 aliphatic carbocycles. The monoisotopic (exact) mass is 1030 g/mol. The molecule has 4 aliphatic heterocycles. The van der Waals surface area contributed by atoms with Crippen LogP contribution in [0.2, 0.25) is 0 Å². The molecule has 5 aliphatic rings. The van der Waals surface area contributed by atoms with Crippen LogP contribution in [0.15, 0.2) is 52.5 Å². The molecule has 0 aromatic heterocycles. The van der Waals surface area contributed by atoms with Gasteiger partial charge in [0.15, 0.2) is 5.41 Å². The standard InChI is InChI=1S/C48H63IN4O13/c1-22-13-12-14-23(2)43(59)50-35-34-33(51-48(52-34)16-18-53(19-17-48)21-24(3)49)30-31(39(35)57)38(56)28(7)41-32(30)42(58)47(10,66-41)64-20-15-29(63-11)25(4)40(27(6)37(55)26(5)36(22)54)65-45(62)46(8,9)44(60)61/h12-15,20,22,24-27,29,36-37,40,52,54-56H,16-19,21H2,1-11H3,(H,50,59)(H,60,61)/b13-12+,20-15+,23-14-/t22-,24?,25+,26+,27+,29-,36-,37+,40+,47-/m0/s1. The number of Topliss-reactive ketones (excluding diaryl/α,β-unsaturated/α-hetero) is 2. The minimum absolute atomic E-state index is 0.0181. The number of nitrogens with zero attached hydrogens (tertiary/aromatic N) is 2. The van der Waals surface area contributed by atoms with Gasteiger partial charge in [-0.25, -0.2) is 0 Å². The number of fused-ring (bicyclic) bond motifs is 3. The van der Waals surface area contributed by atoms with Gasteiger partial charge in [-0.2, -0.15) is 0 Å². The lowest BCUT2D eigenvalue weighted by Gasteiger charge is -2.39. The van der Waals surface area contributed by atoms with E-state index in [0.717, 1.165) is 6.54 Å². The number of aliphatic imine (C=N–C) groups is 1. The smallest absolute Gasteiger partial charge is 0.323 e. The Hall–Kier alpha value is -4.63. The summed E-state index contributed by atoms with van der Waals surface area (Å²) in [6.45, 7) is 17.9. The van der Waals surface area contributed by atoms with E-state index >= 15 is 0 Å². The maximum atomic E-state index is 14.8. The van der Waals surface area contributed by atoms with Gasteiger partial charge in [0, 0.05) is 90.8 Å². The van der Waals surface area contributed by atoms with Crippen molar-refractivity contribution < 1.29 is 63.3 Å². The Morgan fingerprint density at radius 2 is 1.65 bits per heavy atom. The third-order valence-corrected chi connectivity index (χ3v) is 14.2. The number of esters is 1. The lowest BCUT2D eigenvalue weighted by molar-refractivity contribution is -0.179. The molecule has 1 aromatic rings. The average molecular weight is 1030 g/mol. The number of carboxylic acid groups (broad SMARTS) is 1. The number of phenols is 1. The van der Waals surface area contributed by atoms with Crippen molar-refractivity contribution in [2.24, 2.45) is 34.1 Å². The third-order valence-electron chi connectivity index (χ3n) is 13.8. The number of carbonyl (C=O) groups excluding carboxylic acids is 4. The normalized spacial score (nSPS) is 32.8. The molecular weight excluding hydrogens is 967 g/mol. The van der Waals surface area contributed by atoms with Crippen molar-refractivity contribution in [3.05, 3.63) is 69.8 Å². The first-order chi connectivity index (χ1) is 30.8. The first-order valence-electron chi connectivity index (χ1n) is 22.3. The van der Waals surface area contributed by atoms with Gasteiger partial charge in [-0.05, 0) is 33.8 Å². The summed E-state index contributed by atoms with van der Waals surface area (Å²) in [7, 11) is 1.39. The summed E-state index contributed by atoms with van der Waals surface area (Å²) in [5.41, 5.74) is -2.51. The second-order valence-electron chi connectivity index (χ2n) is 19.1. The number of alkyl halides is 1. The number of carbonyl (C=O) groups is 5.